The summed E-state index contributed by atoms with van der Waals surface area (Å²) in [6.07, 6.45) is -3.01. The first-order valence-electron chi connectivity index (χ1n) is 5.52. The van der Waals surface area contributed by atoms with Gasteiger partial charge in [0.05, 0.1) is 5.56 Å². The smallest absolute Gasteiger partial charge is 0.287 e. The Morgan fingerprint density at radius 2 is 1.89 bits per heavy atom. The molecule has 0 spiro atoms. The molecule has 0 aliphatic carbocycles. The first-order chi connectivity index (χ1) is 8.88. The summed E-state index contributed by atoms with van der Waals surface area (Å²) in [5.74, 6) is -0.519. The van der Waals surface area contributed by atoms with Crippen LogP contribution in [-0.2, 0) is 6.18 Å². The summed E-state index contributed by atoms with van der Waals surface area (Å²) in [6, 6.07) is 7.59. The van der Waals surface area contributed by atoms with E-state index >= 15 is 0 Å². The zero-order valence-corrected chi connectivity index (χ0v) is 10.0. The molecule has 98 valence electrons. The molecule has 2 nitrogen and oxygen atoms in total. The summed E-state index contributed by atoms with van der Waals surface area (Å²) < 4.78 is 37.7. The van der Waals surface area contributed by atoms with Gasteiger partial charge in [0.2, 0.25) is 5.78 Å². The molecule has 2 rings (SSSR count). The van der Waals surface area contributed by atoms with Crippen molar-refractivity contribution in [3.05, 3.63) is 65.0 Å². The van der Waals surface area contributed by atoms with Crippen LogP contribution in [0.1, 0.15) is 27.2 Å². The predicted octanol–water partition coefficient (Wildman–Crippen LogP) is 3.64. The summed E-state index contributed by atoms with van der Waals surface area (Å²) in [6.45, 7) is 1.78. The quantitative estimate of drug-likeness (QED) is 0.776. The SMILES string of the molecule is Cc1ccnc(C(=O)c2cccc(C(F)(F)F)c2)c1. The molecule has 1 aromatic carbocycles. The van der Waals surface area contributed by atoms with Crippen LogP contribution in [0, 0.1) is 6.92 Å². The van der Waals surface area contributed by atoms with Crippen LogP contribution >= 0.6 is 0 Å². The highest BCUT2D eigenvalue weighted by Crippen LogP contribution is 2.29. The van der Waals surface area contributed by atoms with Crippen LogP contribution in [0.2, 0.25) is 0 Å². The van der Waals surface area contributed by atoms with Gasteiger partial charge in [0, 0.05) is 11.8 Å². The third kappa shape index (κ3) is 2.99. The van der Waals surface area contributed by atoms with Crippen molar-refractivity contribution < 1.29 is 18.0 Å². The molecule has 19 heavy (non-hydrogen) atoms. The maximum atomic E-state index is 12.6. The average molecular weight is 265 g/mol. The molecular formula is C14H10F3NO. The average Bonchev–Trinajstić information content (AvgIpc) is 2.37. The summed E-state index contributed by atoms with van der Waals surface area (Å²) in [4.78, 5) is 15.9. The zero-order chi connectivity index (χ0) is 14.0. The summed E-state index contributed by atoms with van der Waals surface area (Å²) in [5, 5.41) is 0. The molecular weight excluding hydrogens is 255 g/mol. The van der Waals surface area contributed by atoms with Gasteiger partial charge in [-0.15, -0.1) is 0 Å². The van der Waals surface area contributed by atoms with Crippen LogP contribution in [0.4, 0.5) is 13.2 Å². The zero-order valence-electron chi connectivity index (χ0n) is 10.0. The molecule has 0 radical (unpaired) electrons. The van der Waals surface area contributed by atoms with Crippen molar-refractivity contribution in [2.75, 3.05) is 0 Å². The molecule has 0 fully saturated rings. The summed E-state index contributed by atoms with van der Waals surface area (Å²) in [5.41, 5.74) is 0.101. The van der Waals surface area contributed by atoms with E-state index in [1.54, 1.807) is 19.1 Å². The highest BCUT2D eigenvalue weighted by atomic mass is 19.4. The van der Waals surface area contributed by atoms with E-state index in [1.807, 2.05) is 0 Å². The third-order valence-corrected chi connectivity index (χ3v) is 2.60. The molecule has 0 aliphatic rings. The van der Waals surface area contributed by atoms with Gasteiger partial charge in [-0.05, 0) is 36.8 Å². The number of hydrogen-bond donors (Lipinski definition) is 0. The second-order valence-corrected chi connectivity index (χ2v) is 4.13. The molecule has 1 heterocycles. The monoisotopic (exact) mass is 265 g/mol. The Labute approximate surface area is 107 Å². The number of aromatic nitrogens is 1. The van der Waals surface area contributed by atoms with E-state index in [-0.39, 0.29) is 11.3 Å². The van der Waals surface area contributed by atoms with E-state index in [0.29, 0.717) is 0 Å². The number of benzene rings is 1. The minimum atomic E-state index is -4.46. The molecule has 0 atom stereocenters. The van der Waals surface area contributed by atoms with Gasteiger partial charge in [-0.2, -0.15) is 13.2 Å². The number of aryl methyl sites for hydroxylation is 1. The van der Waals surface area contributed by atoms with Crippen LogP contribution in [0.5, 0.6) is 0 Å². The highest BCUT2D eigenvalue weighted by Gasteiger charge is 2.31. The molecule has 0 saturated heterocycles. The number of rotatable bonds is 2. The van der Waals surface area contributed by atoms with E-state index in [2.05, 4.69) is 4.98 Å². The molecule has 0 saturated carbocycles. The Hall–Kier alpha value is -2.17. The lowest BCUT2D eigenvalue weighted by atomic mass is 10.0. The Balaban J connectivity index is 2.40. The van der Waals surface area contributed by atoms with Gasteiger partial charge < -0.3 is 0 Å². The maximum Gasteiger partial charge on any atom is 0.416 e. The van der Waals surface area contributed by atoms with Gasteiger partial charge in [-0.1, -0.05) is 12.1 Å². The van der Waals surface area contributed by atoms with Crippen molar-refractivity contribution in [2.45, 2.75) is 13.1 Å². The molecule has 2 aromatic rings. The normalized spacial score (nSPS) is 11.4. The van der Waals surface area contributed by atoms with Crippen molar-refractivity contribution in [1.29, 1.82) is 0 Å². The first-order valence-corrected chi connectivity index (χ1v) is 5.52. The first kappa shape index (κ1) is 13.3. The van der Waals surface area contributed by atoms with Crippen LogP contribution in [0.15, 0.2) is 42.6 Å². The van der Waals surface area contributed by atoms with Gasteiger partial charge in [0.25, 0.3) is 0 Å². The molecule has 1 aromatic heterocycles. The Kier molecular flexibility index (Phi) is 3.38. The minimum Gasteiger partial charge on any atom is -0.287 e. The molecule has 0 N–H and O–H groups in total. The number of ketones is 1. The number of pyridine rings is 1. The number of nitrogens with zero attached hydrogens (tertiary/aromatic N) is 1. The molecule has 0 amide bonds. The molecule has 5 heteroatoms. The van der Waals surface area contributed by atoms with Crippen molar-refractivity contribution in [3.63, 3.8) is 0 Å². The van der Waals surface area contributed by atoms with Crippen LogP contribution in [0.25, 0.3) is 0 Å². The Morgan fingerprint density at radius 3 is 2.53 bits per heavy atom. The van der Waals surface area contributed by atoms with Gasteiger partial charge in [0.15, 0.2) is 0 Å². The van der Waals surface area contributed by atoms with E-state index in [9.17, 15) is 18.0 Å². The number of hydrogen-bond acceptors (Lipinski definition) is 2. The van der Waals surface area contributed by atoms with Crippen LogP contribution in [-0.4, -0.2) is 10.8 Å². The highest BCUT2D eigenvalue weighted by molar-refractivity contribution is 6.07. The van der Waals surface area contributed by atoms with E-state index < -0.39 is 17.5 Å². The topological polar surface area (TPSA) is 30.0 Å². The lowest BCUT2D eigenvalue weighted by Gasteiger charge is -2.08. The minimum absolute atomic E-state index is 0.0204. The van der Waals surface area contributed by atoms with E-state index in [4.69, 9.17) is 0 Å². The fourth-order valence-corrected chi connectivity index (χ4v) is 1.64. The lowest BCUT2D eigenvalue weighted by Crippen LogP contribution is -2.09. The van der Waals surface area contributed by atoms with Crippen molar-refractivity contribution in [3.8, 4) is 0 Å². The Morgan fingerprint density at radius 1 is 1.16 bits per heavy atom. The standard InChI is InChI=1S/C14H10F3NO/c1-9-5-6-18-12(7-9)13(19)10-3-2-4-11(8-10)14(15,16)17/h2-8H,1H3. The number of carbonyl (C=O) groups excluding carboxylic acids is 1. The second-order valence-electron chi connectivity index (χ2n) is 4.13. The second kappa shape index (κ2) is 4.84. The number of alkyl halides is 3. The van der Waals surface area contributed by atoms with Crippen molar-refractivity contribution >= 4 is 5.78 Å². The van der Waals surface area contributed by atoms with Crippen LogP contribution in [0.3, 0.4) is 0 Å². The van der Waals surface area contributed by atoms with Gasteiger partial charge in [0.1, 0.15) is 5.69 Å². The van der Waals surface area contributed by atoms with Crippen molar-refractivity contribution in [2.24, 2.45) is 0 Å². The fraction of sp³-hybridized carbons (Fsp3) is 0.143. The van der Waals surface area contributed by atoms with Gasteiger partial charge in [-0.3, -0.25) is 9.78 Å². The molecule has 0 aliphatic heterocycles. The summed E-state index contributed by atoms with van der Waals surface area (Å²) in [7, 11) is 0. The number of carbonyl (C=O) groups is 1. The van der Waals surface area contributed by atoms with Crippen LogP contribution < -0.4 is 0 Å². The molecule has 0 unspecified atom stereocenters. The summed E-state index contributed by atoms with van der Waals surface area (Å²) >= 11 is 0. The maximum absolute atomic E-state index is 12.6. The Bertz CT molecular complexity index is 620. The van der Waals surface area contributed by atoms with Crippen molar-refractivity contribution in [1.82, 2.24) is 4.98 Å². The van der Waals surface area contributed by atoms with Gasteiger partial charge in [-0.25, -0.2) is 0 Å². The van der Waals surface area contributed by atoms with E-state index in [0.717, 1.165) is 17.7 Å². The molecule has 0 bridgehead atoms. The number of halogens is 3. The predicted molar refractivity (Wildman–Crippen MR) is 63.9 cm³/mol. The fourth-order valence-electron chi connectivity index (χ4n) is 1.64. The van der Waals surface area contributed by atoms with E-state index in [1.165, 1.54) is 18.3 Å². The largest absolute Gasteiger partial charge is 0.416 e. The van der Waals surface area contributed by atoms with Gasteiger partial charge >= 0.3 is 6.18 Å². The lowest BCUT2D eigenvalue weighted by molar-refractivity contribution is -0.137. The third-order valence-electron chi connectivity index (χ3n) is 2.60.